The van der Waals surface area contributed by atoms with Crippen molar-refractivity contribution in [2.75, 3.05) is 36.5 Å². The van der Waals surface area contributed by atoms with Crippen LogP contribution in [0.4, 0.5) is 16.3 Å². The van der Waals surface area contributed by atoms with Crippen molar-refractivity contribution in [3.8, 4) is 16.3 Å². The molecule has 32 heavy (non-hydrogen) atoms. The highest BCUT2D eigenvalue weighted by atomic mass is 32.1. The van der Waals surface area contributed by atoms with Crippen molar-refractivity contribution >= 4 is 34.8 Å². The lowest BCUT2D eigenvalue weighted by atomic mass is 9.85. The first-order valence-corrected chi connectivity index (χ1v) is 12.2. The van der Waals surface area contributed by atoms with Gasteiger partial charge in [0.15, 0.2) is 6.61 Å². The molecule has 0 unspecified atom stereocenters. The second-order valence-corrected chi connectivity index (χ2v) is 10.0. The lowest BCUT2D eigenvalue weighted by Crippen LogP contribution is -2.47. The van der Waals surface area contributed by atoms with Crippen molar-refractivity contribution in [2.45, 2.75) is 45.1 Å². The molecule has 3 aliphatic rings. The lowest BCUT2D eigenvalue weighted by Gasteiger charge is -2.35. The second kappa shape index (κ2) is 9.07. The maximum absolute atomic E-state index is 12.4. The number of carbonyl (C=O) groups excluding carboxylic acids is 2. The van der Waals surface area contributed by atoms with Gasteiger partial charge >= 0.3 is 6.03 Å². The number of fused-ring (bicyclic) bond motifs is 1. The number of benzene rings is 1. The maximum atomic E-state index is 12.4. The van der Waals surface area contributed by atoms with Gasteiger partial charge in [-0.2, -0.15) is 0 Å². The fourth-order valence-corrected chi connectivity index (χ4v) is 5.28. The average Bonchev–Trinajstić information content (AvgIpc) is 3.12. The predicted molar refractivity (Wildman–Crippen MR) is 126 cm³/mol. The third kappa shape index (κ3) is 4.45. The van der Waals surface area contributed by atoms with Crippen molar-refractivity contribution in [1.29, 1.82) is 0 Å². The fraction of sp³-hybridized carbons (Fsp3) is 0.522. The number of anilines is 2. The molecule has 0 radical (unpaired) electrons. The van der Waals surface area contributed by atoms with Crippen LogP contribution >= 0.6 is 11.3 Å². The van der Waals surface area contributed by atoms with E-state index in [4.69, 9.17) is 4.74 Å². The number of aromatic nitrogens is 1. The normalized spacial score (nSPS) is 20.8. The molecule has 1 atom stereocenters. The van der Waals surface area contributed by atoms with Crippen LogP contribution in [0.2, 0.25) is 0 Å². The van der Waals surface area contributed by atoms with Crippen LogP contribution in [-0.4, -0.2) is 49.2 Å². The van der Waals surface area contributed by atoms with Gasteiger partial charge in [-0.05, 0) is 63.3 Å². The average molecular weight is 456 g/mol. The Morgan fingerprint density at radius 3 is 2.94 bits per heavy atom. The zero-order valence-corrected chi connectivity index (χ0v) is 19.1. The van der Waals surface area contributed by atoms with Gasteiger partial charge in [-0.25, -0.2) is 9.78 Å². The number of aryl methyl sites for hydroxylation is 1. The topological polar surface area (TPSA) is 95.6 Å². The van der Waals surface area contributed by atoms with Crippen LogP contribution in [0, 0.1) is 12.8 Å². The van der Waals surface area contributed by atoms with Gasteiger partial charge in [0.25, 0.3) is 5.91 Å². The minimum atomic E-state index is -0.224. The standard InChI is InChI=1S/C23H29N5O3S/c1-14-21(27-23(30)25-17-6-3-9-24-11-17)26-22(32-14)16-7-8-18-19(10-16)31-13-20(29)28(18)12-15-4-2-5-15/h7-8,10,15,17,24H,2-6,9,11-13H2,1H3,(H2,25,27,30)/t17-/m0/s1. The summed E-state index contributed by atoms with van der Waals surface area (Å²) < 4.78 is 5.75. The van der Waals surface area contributed by atoms with Gasteiger partial charge in [-0.15, -0.1) is 11.3 Å². The van der Waals surface area contributed by atoms with Crippen LogP contribution in [-0.2, 0) is 4.79 Å². The number of hydrogen-bond acceptors (Lipinski definition) is 6. The van der Waals surface area contributed by atoms with E-state index in [0.717, 1.165) is 53.6 Å². The highest BCUT2D eigenvalue weighted by Crippen LogP contribution is 2.40. The third-order valence-corrected chi connectivity index (χ3v) is 7.50. The first-order valence-electron chi connectivity index (χ1n) is 11.4. The van der Waals surface area contributed by atoms with Crippen molar-refractivity contribution < 1.29 is 14.3 Å². The van der Waals surface area contributed by atoms with Crippen LogP contribution in [0.15, 0.2) is 18.2 Å². The number of nitrogens with zero attached hydrogens (tertiary/aromatic N) is 2. The summed E-state index contributed by atoms with van der Waals surface area (Å²) in [6, 6.07) is 5.80. The molecule has 3 N–H and O–H groups in total. The second-order valence-electron chi connectivity index (χ2n) is 8.84. The van der Waals surface area contributed by atoms with Gasteiger partial charge in [0.2, 0.25) is 0 Å². The zero-order valence-electron chi connectivity index (χ0n) is 18.3. The Morgan fingerprint density at radius 2 is 2.19 bits per heavy atom. The molecule has 2 aliphatic heterocycles. The first-order chi connectivity index (χ1) is 15.6. The molecule has 1 saturated heterocycles. The van der Waals surface area contributed by atoms with Crippen LogP contribution in [0.25, 0.3) is 10.6 Å². The van der Waals surface area contributed by atoms with Crippen LogP contribution in [0.3, 0.4) is 0 Å². The Balaban J connectivity index is 1.30. The van der Waals surface area contributed by atoms with E-state index in [1.807, 2.05) is 30.0 Å². The molecule has 170 valence electrons. The highest BCUT2D eigenvalue weighted by molar-refractivity contribution is 7.15. The van der Waals surface area contributed by atoms with Crippen molar-refractivity contribution in [1.82, 2.24) is 15.6 Å². The molecule has 5 rings (SSSR count). The number of urea groups is 1. The van der Waals surface area contributed by atoms with Gasteiger partial charge < -0.3 is 20.3 Å². The Labute approximate surface area is 191 Å². The Morgan fingerprint density at radius 1 is 1.31 bits per heavy atom. The Kier molecular flexibility index (Phi) is 6.01. The molecular weight excluding hydrogens is 426 g/mol. The lowest BCUT2D eigenvalue weighted by molar-refractivity contribution is -0.121. The van der Waals surface area contributed by atoms with Crippen LogP contribution in [0.1, 0.15) is 37.0 Å². The Hall–Kier alpha value is -2.65. The minimum absolute atomic E-state index is 0.0212. The predicted octanol–water partition coefficient (Wildman–Crippen LogP) is 3.52. The number of thiazole rings is 1. The van der Waals surface area contributed by atoms with Gasteiger partial charge in [0.1, 0.15) is 16.6 Å². The summed E-state index contributed by atoms with van der Waals surface area (Å²) in [4.78, 5) is 32.3. The maximum Gasteiger partial charge on any atom is 0.320 e. The van der Waals surface area contributed by atoms with Crippen molar-refractivity contribution in [2.24, 2.45) is 5.92 Å². The number of hydrogen-bond donors (Lipinski definition) is 3. The quantitative estimate of drug-likeness (QED) is 0.641. The number of amides is 3. The van der Waals surface area contributed by atoms with E-state index in [1.54, 1.807) is 0 Å². The number of nitrogens with one attached hydrogen (secondary N) is 3. The van der Waals surface area contributed by atoms with Gasteiger partial charge in [-0.1, -0.05) is 6.42 Å². The van der Waals surface area contributed by atoms with E-state index in [0.29, 0.717) is 17.5 Å². The van der Waals surface area contributed by atoms with E-state index in [-0.39, 0.29) is 24.6 Å². The number of rotatable bonds is 5. The molecule has 1 aromatic carbocycles. The molecule has 3 amide bonds. The molecule has 1 aliphatic carbocycles. The van der Waals surface area contributed by atoms with Crippen LogP contribution < -0.4 is 25.6 Å². The summed E-state index contributed by atoms with van der Waals surface area (Å²) in [5.41, 5.74) is 1.75. The van der Waals surface area contributed by atoms with Crippen molar-refractivity contribution in [3.05, 3.63) is 23.1 Å². The molecule has 0 bridgehead atoms. The van der Waals surface area contributed by atoms with Gasteiger partial charge in [0, 0.05) is 29.6 Å². The molecule has 1 aromatic heterocycles. The molecule has 8 nitrogen and oxygen atoms in total. The SMILES string of the molecule is Cc1sc(-c2ccc3c(c2)OCC(=O)N3CC2CCC2)nc1NC(=O)N[C@H]1CCCNC1. The summed E-state index contributed by atoms with van der Waals surface area (Å²) in [6.45, 7) is 4.59. The molecule has 0 spiro atoms. The van der Waals surface area contributed by atoms with E-state index in [9.17, 15) is 9.59 Å². The van der Waals surface area contributed by atoms with Gasteiger partial charge in [-0.3, -0.25) is 10.1 Å². The highest BCUT2D eigenvalue weighted by Gasteiger charge is 2.30. The molecular formula is C23H29N5O3S. The fourth-order valence-electron chi connectivity index (χ4n) is 4.41. The number of ether oxygens (including phenoxy) is 1. The molecule has 3 heterocycles. The van der Waals surface area contributed by atoms with Gasteiger partial charge in [0.05, 0.1) is 5.69 Å². The number of piperidine rings is 1. The summed E-state index contributed by atoms with van der Waals surface area (Å²) in [5, 5.41) is 10.0. The van der Waals surface area contributed by atoms with E-state index in [1.165, 1.54) is 30.6 Å². The molecule has 9 heteroatoms. The summed E-state index contributed by atoms with van der Waals surface area (Å²) >= 11 is 1.53. The molecule has 2 fully saturated rings. The summed E-state index contributed by atoms with van der Waals surface area (Å²) in [6.07, 6.45) is 5.68. The Bertz CT molecular complexity index is 1010. The largest absolute Gasteiger partial charge is 0.482 e. The van der Waals surface area contributed by atoms with Crippen molar-refractivity contribution in [3.63, 3.8) is 0 Å². The first kappa shape index (κ1) is 21.2. The van der Waals surface area contributed by atoms with E-state index in [2.05, 4.69) is 20.9 Å². The number of carbonyl (C=O) groups is 2. The van der Waals surface area contributed by atoms with E-state index >= 15 is 0 Å². The summed E-state index contributed by atoms with van der Waals surface area (Å²) in [7, 11) is 0. The van der Waals surface area contributed by atoms with Crippen LogP contribution in [0.5, 0.6) is 5.75 Å². The summed E-state index contributed by atoms with van der Waals surface area (Å²) in [5.74, 6) is 1.90. The smallest absolute Gasteiger partial charge is 0.320 e. The third-order valence-electron chi connectivity index (χ3n) is 6.48. The zero-order chi connectivity index (χ0) is 22.1. The van der Waals surface area contributed by atoms with E-state index < -0.39 is 0 Å². The molecule has 2 aromatic rings. The molecule has 1 saturated carbocycles. The minimum Gasteiger partial charge on any atom is -0.482 e. The monoisotopic (exact) mass is 455 g/mol.